The molecule has 1 saturated heterocycles. The molecule has 1 aromatic carbocycles. The molecule has 0 aromatic heterocycles. The number of hydrogen-bond acceptors (Lipinski definition) is 4. The number of amides is 2. The van der Waals surface area contributed by atoms with Crippen molar-refractivity contribution >= 4 is 17.5 Å². The number of anilines is 1. The quantitative estimate of drug-likeness (QED) is 0.485. The molecule has 1 aliphatic heterocycles. The molecule has 3 N–H and O–H groups in total. The molecule has 0 radical (unpaired) electrons. The molecule has 2 rings (SSSR count). The van der Waals surface area contributed by atoms with Crippen molar-refractivity contribution in [3.05, 3.63) is 24.3 Å². The van der Waals surface area contributed by atoms with Crippen molar-refractivity contribution in [1.82, 2.24) is 5.43 Å². The van der Waals surface area contributed by atoms with Gasteiger partial charge in [-0.3, -0.25) is 15.0 Å². The van der Waals surface area contributed by atoms with Crippen molar-refractivity contribution in [3.63, 3.8) is 0 Å². The SMILES string of the molecule is CC(C)(COc1ccc(N2CCCC2=O)cc1)C(=O)NN. The number of nitrogens with zero attached hydrogens (tertiary/aromatic N) is 1. The molecule has 1 aromatic rings. The lowest BCUT2D eigenvalue weighted by atomic mass is 9.94. The highest BCUT2D eigenvalue weighted by molar-refractivity contribution is 5.95. The van der Waals surface area contributed by atoms with Gasteiger partial charge in [0.05, 0.1) is 5.41 Å². The highest BCUT2D eigenvalue weighted by Crippen LogP contribution is 2.25. The minimum absolute atomic E-state index is 0.157. The van der Waals surface area contributed by atoms with E-state index in [1.807, 2.05) is 12.1 Å². The van der Waals surface area contributed by atoms with Crippen LogP contribution in [0, 0.1) is 5.41 Å². The largest absolute Gasteiger partial charge is 0.492 e. The molecule has 2 amide bonds. The Labute approximate surface area is 124 Å². The maximum atomic E-state index is 11.7. The van der Waals surface area contributed by atoms with Gasteiger partial charge in [0.2, 0.25) is 11.8 Å². The summed E-state index contributed by atoms with van der Waals surface area (Å²) in [6.07, 6.45) is 1.51. The van der Waals surface area contributed by atoms with Crippen LogP contribution in [-0.2, 0) is 9.59 Å². The Hall–Kier alpha value is -2.08. The lowest BCUT2D eigenvalue weighted by Gasteiger charge is -2.22. The van der Waals surface area contributed by atoms with E-state index in [9.17, 15) is 9.59 Å². The molecule has 114 valence electrons. The smallest absolute Gasteiger partial charge is 0.242 e. The van der Waals surface area contributed by atoms with Crippen LogP contribution in [0.1, 0.15) is 26.7 Å². The fraction of sp³-hybridized carbons (Fsp3) is 0.467. The number of ether oxygens (including phenoxy) is 1. The topological polar surface area (TPSA) is 84.7 Å². The zero-order valence-electron chi connectivity index (χ0n) is 12.4. The third kappa shape index (κ3) is 3.52. The van der Waals surface area contributed by atoms with Crippen molar-refractivity contribution < 1.29 is 14.3 Å². The number of rotatable bonds is 5. The monoisotopic (exact) mass is 291 g/mol. The van der Waals surface area contributed by atoms with Crippen molar-refractivity contribution in [2.75, 3.05) is 18.1 Å². The number of carbonyl (C=O) groups is 2. The second-order valence-corrected chi connectivity index (χ2v) is 5.79. The van der Waals surface area contributed by atoms with E-state index in [0.717, 1.165) is 18.7 Å². The van der Waals surface area contributed by atoms with Crippen LogP contribution in [0.25, 0.3) is 0 Å². The standard InChI is InChI=1S/C15H21N3O3/c1-15(2,14(20)17-16)10-21-12-7-5-11(6-8-12)18-9-3-4-13(18)19/h5-8H,3-4,9-10,16H2,1-2H3,(H,17,20). The first-order valence-electron chi connectivity index (χ1n) is 6.98. The molecule has 0 unspecified atom stereocenters. The van der Waals surface area contributed by atoms with E-state index < -0.39 is 5.41 Å². The molecule has 0 bridgehead atoms. The van der Waals surface area contributed by atoms with E-state index in [4.69, 9.17) is 10.6 Å². The van der Waals surface area contributed by atoms with Crippen LogP contribution >= 0.6 is 0 Å². The lowest BCUT2D eigenvalue weighted by molar-refractivity contribution is -0.130. The van der Waals surface area contributed by atoms with Crippen molar-refractivity contribution in [2.24, 2.45) is 11.3 Å². The van der Waals surface area contributed by atoms with Crippen LogP contribution in [0.3, 0.4) is 0 Å². The first-order valence-corrected chi connectivity index (χ1v) is 6.98. The molecule has 1 fully saturated rings. The molecule has 6 nitrogen and oxygen atoms in total. The molecule has 6 heteroatoms. The first kappa shape index (κ1) is 15.3. The Balaban J connectivity index is 1.97. The molecule has 0 spiro atoms. The van der Waals surface area contributed by atoms with Crippen LogP contribution in [0.5, 0.6) is 5.75 Å². The molecule has 0 aliphatic carbocycles. The van der Waals surface area contributed by atoms with E-state index >= 15 is 0 Å². The van der Waals surface area contributed by atoms with Crippen LogP contribution in [0.15, 0.2) is 24.3 Å². The molecule has 1 heterocycles. The fourth-order valence-electron chi connectivity index (χ4n) is 2.17. The summed E-state index contributed by atoms with van der Waals surface area (Å²) in [6.45, 7) is 4.50. The van der Waals surface area contributed by atoms with E-state index in [0.29, 0.717) is 12.2 Å². The van der Waals surface area contributed by atoms with Gasteiger partial charge in [0.15, 0.2) is 0 Å². The van der Waals surface area contributed by atoms with Crippen molar-refractivity contribution in [1.29, 1.82) is 0 Å². The van der Waals surface area contributed by atoms with E-state index in [2.05, 4.69) is 5.43 Å². The Morgan fingerprint density at radius 1 is 1.38 bits per heavy atom. The summed E-state index contributed by atoms with van der Waals surface area (Å²) in [4.78, 5) is 25.0. The van der Waals surface area contributed by atoms with Gasteiger partial charge in [-0.25, -0.2) is 5.84 Å². The minimum atomic E-state index is -0.710. The average Bonchev–Trinajstić information content (AvgIpc) is 2.91. The summed E-state index contributed by atoms with van der Waals surface area (Å²) in [5.74, 6) is 5.67. The third-order valence-corrected chi connectivity index (χ3v) is 3.57. The van der Waals surface area contributed by atoms with Crippen LogP contribution in [-0.4, -0.2) is 25.0 Å². The summed E-state index contributed by atoms with van der Waals surface area (Å²) >= 11 is 0. The van der Waals surface area contributed by atoms with E-state index in [1.54, 1.807) is 30.9 Å². The zero-order valence-corrected chi connectivity index (χ0v) is 12.4. The lowest BCUT2D eigenvalue weighted by Crippen LogP contribution is -2.44. The van der Waals surface area contributed by atoms with E-state index in [-0.39, 0.29) is 18.4 Å². The molecule has 0 atom stereocenters. The summed E-state index contributed by atoms with van der Waals surface area (Å²) in [6, 6.07) is 7.32. The Morgan fingerprint density at radius 2 is 2.05 bits per heavy atom. The number of hydrogen-bond donors (Lipinski definition) is 2. The van der Waals surface area contributed by atoms with Gasteiger partial charge in [-0.1, -0.05) is 0 Å². The van der Waals surface area contributed by atoms with Gasteiger partial charge in [-0.05, 0) is 44.5 Å². The van der Waals surface area contributed by atoms with Crippen molar-refractivity contribution in [2.45, 2.75) is 26.7 Å². The molecular formula is C15H21N3O3. The zero-order chi connectivity index (χ0) is 15.5. The maximum absolute atomic E-state index is 11.7. The van der Waals surface area contributed by atoms with Gasteiger partial charge in [0.1, 0.15) is 12.4 Å². The maximum Gasteiger partial charge on any atom is 0.242 e. The number of benzene rings is 1. The molecule has 21 heavy (non-hydrogen) atoms. The van der Waals surface area contributed by atoms with Gasteiger partial charge in [0.25, 0.3) is 0 Å². The number of hydrazine groups is 1. The van der Waals surface area contributed by atoms with Gasteiger partial charge >= 0.3 is 0 Å². The Morgan fingerprint density at radius 3 is 2.57 bits per heavy atom. The summed E-state index contributed by atoms with van der Waals surface area (Å²) in [7, 11) is 0. The molecule has 0 saturated carbocycles. The average molecular weight is 291 g/mol. The van der Waals surface area contributed by atoms with Gasteiger partial charge < -0.3 is 9.64 Å². The van der Waals surface area contributed by atoms with Crippen molar-refractivity contribution in [3.8, 4) is 5.75 Å². The summed E-state index contributed by atoms with van der Waals surface area (Å²) in [5, 5.41) is 0. The predicted octanol–water partition coefficient (Wildman–Crippen LogP) is 1.21. The van der Waals surface area contributed by atoms with Crippen LogP contribution < -0.4 is 20.9 Å². The van der Waals surface area contributed by atoms with Gasteiger partial charge in [-0.15, -0.1) is 0 Å². The predicted molar refractivity (Wildman–Crippen MR) is 79.6 cm³/mol. The molecule has 1 aliphatic rings. The Kier molecular flexibility index (Phi) is 4.47. The number of nitrogens with two attached hydrogens (primary N) is 1. The first-order chi connectivity index (χ1) is 9.94. The molecular weight excluding hydrogens is 270 g/mol. The second kappa shape index (κ2) is 6.13. The fourth-order valence-corrected chi connectivity index (χ4v) is 2.17. The van der Waals surface area contributed by atoms with Gasteiger partial charge in [0, 0.05) is 18.7 Å². The highest BCUT2D eigenvalue weighted by atomic mass is 16.5. The Bertz CT molecular complexity index is 525. The van der Waals surface area contributed by atoms with Crippen LogP contribution in [0.4, 0.5) is 5.69 Å². The van der Waals surface area contributed by atoms with Crippen LogP contribution in [0.2, 0.25) is 0 Å². The highest BCUT2D eigenvalue weighted by Gasteiger charge is 2.28. The third-order valence-electron chi connectivity index (χ3n) is 3.57. The minimum Gasteiger partial charge on any atom is -0.492 e. The summed E-state index contributed by atoms with van der Waals surface area (Å²) in [5.41, 5.74) is 2.30. The second-order valence-electron chi connectivity index (χ2n) is 5.79. The number of carbonyl (C=O) groups excluding carboxylic acids is 2. The normalized spacial score (nSPS) is 15.2. The van der Waals surface area contributed by atoms with Gasteiger partial charge in [-0.2, -0.15) is 0 Å². The summed E-state index contributed by atoms with van der Waals surface area (Å²) < 4.78 is 5.62. The van der Waals surface area contributed by atoms with E-state index in [1.165, 1.54) is 0 Å². The number of nitrogens with one attached hydrogen (secondary N) is 1.